The smallest absolute Gasteiger partial charge is 0.410 e. The van der Waals surface area contributed by atoms with E-state index in [9.17, 15) is 14.4 Å². The number of hydrogen-bond donors (Lipinski definition) is 1. The number of rotatable bonds is 1. The van der Waals surface area contributed by atoms with Crippen LogP contribution < -0.4 is 5.32 Å². The summed E-state index contributed by atoms with van der Waals surface area (Å²) in [4.78, 5) is 35.4. The van der Waals surface area contributed by atoms with Crippen molar-refractivity contribution < 1.29 is 19.1 Å². The molecule has 1 N–H and O–H groups in total. The highest BCUT2D eigenvalue weighted by Gasteiger charge is 2.36. The molecule has 1 atom stereocenters. The number of ether oxygens (including phenoxy) is 1. The summed E-state index contributed by atoms with van der Waals surface area (Å²) in [6.07, 6.45) is -0.529. The van der Waals surface area contributed by atoms with Crippen LogP contribution in [0, 0.1) is 0 Å². The number of likely N-dealkylation sites (tertiary alicyclic amines) is 1. The zero-order valence-electron chi connectivity index (χ0n) is 10.6. The average molecular weight is 242 g/mol. The fourth-order valence-electron chi connectivity index (χ4n) is 1.52. The van der Waals surface area contributed by atoms with Crippen molar-refractivity contribution in [1.82, 2.24) is 10.2 Å². The highest BCUT2D eigenvalue weighted by Crippen LogP contribution is 2.13. The van der Waals surface area contributed by atoms with E-state index in [1.54, 1.807) is 20.8 Å². The predicted molar refractivity (Wildman–Crippen MR) is 60.4 cm³/mol. The van der Waals surface area contributed by atoms with E-state index in [2.05, 4.69) is 5.32 Å². The van der Waals surface area contributed by atoms with Crippen molar-refractivity contribution in [2.75, 3.05) is 13.1 Å². The second-order valence-corrected chi connectivity index (χ2v) is 5.08. The van der Waals surface area contributed by atoms with Gasteiger partial charge in [0, 0.05) is 6.92 Å². The van der Waals surface area contributed by atoms with Gasteiger partial charge in [-0.15, -0.1) is 0 Å². The summed E-state index contributed by atoms with van der Waals surface area (Å²) >= 11 is 0. The van der Waals surface area contributed by atoms with Gasteiger partial charge in [0.05, 0.1) is 13.1 Å². The fraction of sp³-hybridized carbons (Fsp3) is 0.727. The number of nitrogens with one attached hydrogen (secondary N) is 1. The van der Waals surface area contributed by atoms with Crippen LogP contribution in [0.1, 0.15) is 27.7 Å². The van der Waals surface area contributed by atoms with Crippen LogP contribution in [0.3, 0.4) is 0 Å². The van der Waals surface area contributed by atoms with Gasteiger partial charge in [0.15, 0.2) is 5.78 Å². The molecule has 1 fully saturated rings. The second kappa shape index (κ2) is 4.73. The quantitative estimate of drug-likeness (QED) is 0.718. The Labute approximate surface area is 100 Å². The Hall–Kier alpha value is -1.59. The van der Waals surface area contributed by atoms with Crippen molar-refractivity contribution >= 4 is 17.8 Å². The molecule has 2 amide bonds. The number of nitrogens with zero attached hydrogens (tertiary/aromatic N) is 1. The molecule has 1 heterocycles. The lowest BCUT2D eigenvalue weighted by Crippen LogP contribution is -2.40. The Balaban J connectivity index is 2.57. The van der Waals surface area contributed by atoms with Crippen LogP contribution >= 0.6 is 0 Å². The zero-order chi connectivity index (χ0) is 13.2. The number of ketones is 1. The van der Waals surface area contributed by atoms with Crippen molar-refractivity contribution in [3.05, 3.63) is 0 Å². The molecule has 0 aromatic heterocycles. The van der Waals surface area contributed by atoms with Gasteiger partial charge in [-0.1, -0.05) is 0 Å². The topological polar surface area (TPSA) is 75.7 Å². The third kappa shape index (κ3) is 4.05. The van der Waals surface area contributed by atoms with Gasteiger partial charge in [0.25, 0.3) is 0 Å². The molecule has 1 rings (SSSR count). The lowest BCUT2D eigenvalue weighted by molar-refractivity contribution is -0.124. The number of carbonyl (C=O) groups excluding carboxylic acids is 3. The minimum absolute atomic E-state index is 0.0140. The van der Waals surface area contributed by atoms with Gasteiger partial charge in [-0.2, -0.15) is 0 Å². The molecule has 0 aromatic carbocycles. The predicted octanol–water partition coefficient (Wildman–Crippen LogP) is 0.311. The van der Waals surface area contributed by atoms with E-state index < -0.39 is 17.7 Å². The molecule has 6 nitrogen and oxygen atoms in total. The van der Waals surface area contributed by atoms with Gasteiger partial charge in [-0.25, -0.2) is 4.79 Å². The Kier molecular flexibility index (Phi) is 3.75. The van der Waals surface area contributed by atoms with Crippen molar-refractivity contribution in [3.8, 4) is 0 Å². The number of hydrogen-bond acceptors (Lipinski definition) is 4. The standard InChI is InChI=1S/C11H18N2O4/c1-7(14)12-8-5-13(6-9(8)15)10(16)17-11(2,3)4/h8H,5-6H2,1-4H3,(H,12,14). The molecule has 1 aliphatic rings. The van der Waals surface area contributed by atoms with E-state index in [0.717, 1.165) is 0 Å². The first-order valence-corrected chi connectivity index (χ1v) is 5.47. The molecule has 1 unspecified atom stereocenters. The Bertz CT molecular complexity index is 346. The van der Waals surface area contributed by atoms with Gasteiger partial charge in [0.2, 0.25) is 5.91 Å². The fourth-order valence-corrected chi connectivity index (χ4v) is 1.52. The highest BCUT2D eigenvalue weighted by molar-refractivity contribution is 5.94. The first-order valence-electron chi connectivity index (χ1n) is 5.47. The molecule has 0 aromatic rings. The first-order chi connectivity index (χ1) is 7.69. The third-order valence-electron chi connectivity index (χ3n) is 2.17. The molecule has 0 radical (unpaired) electrons. The minimum Gasteiger partial charge on any atom is -0.444 e. The average Bonchev–Trinajstić information content (AvgIpc) is 2.44. The number of amides is 2. The van der Waals surface area contributed by atoms with Crippen molar-refractivity contribution in [2.24, 2.45) is 0 Å². The van der Waals surface area contributed by atoms with E-state index in [0.29, 0.717) is 0 Å². The maximum absolute atomic E-state index is 11.7. The lowest BCUT2D eigenvalue weighted by atomic mass is 10.2. The summed E-state index contributed by atoms with van der Waals surface area (Å²) in [6.45, 7) is 6.77. The van der Waals surface area contributed by atoms with E-state index in [1.165, 1.54) is 11.8 Å². The summed E-state index contributed by atoms with van der Waals surface area (Å²) in [5, 5.41) is 2.50. The molecule has 0 saturated carbocycles. The highest BCUT2D eigenvalue weighted by atomic mass is 16.6. The molecule has 6 heteroatoms. The van der Waals surface area contributed by atoms with Crippen LogP contribution in [-0.2, 0) is 14.3 Å². The normalized spacial score (nSPS) is 20.4. The maximum atomic E-state index is 11.7. The largest absolute Gasteiger partial charge is 0.444 e. The molecule has 0 spiro atoms. The zero-order valence-corrected chi connectivity index (χ0v) is 10.6. The SMILES string of the molecule is CC(=O)NC1CN(C(=O)OC(C)(C)C)CC1=O. The molecule has 96 valence electrons. The van der Waals surface area contributed by atoms with Crippen molar-refractivity contribution in [2.45, 2.75) is 39.3 Å². The monoisotopic (exact) mass is 242 g/mol. The summed E-state index contributed by atoms with van der Waals surface area (Å²) in [6, 6.07) is -0.611. The number of carbonyl (C=O) groups is 3. The lowest BCUT2D eigenvalue weighted by Gasteiger charge is -2.23. The third-order valence-corrected chi connectivity index (χ3v) is 2.17. The minimum atomic E-state index is -0.611. The van der Waals surface area contributed by atoms with Gasteiger partial charge in [0.1, 0.15) is 11.6 Å². The number of Topliss-reactive ketones (excluding diaryl/α,β-unsaturated/α-hetero) is 1. The van der Waals surface area contributed by atoms with Crippen LogP contribution in [0.2, 0.25) is 0 Å². The maximum Gasteiger partial charge on any atom is 0.410 e. The van der Waals surface area contributed by atoms with Gasteiger partial charge in [-0.3, -0.25) is 14.5 Å². The van der Waals surface area contributed by atoms with Crippen LogP contribution in [0.4, 0.5) is 4.79 Å². The summed E-state index contributed by atoms with van der Waals surface area (Å²) in [7, 11) is 0. The van der Waals surface area contributed by atoms with Crippen LogP contribution in [0.25, 0.3) is 0 Å². The first kappa shape index (κ1) is 13.5. The van der Waals surface area contributed by atoms with E-state index >= 15 is 0 Å². The molecular formula is C11H18N2O4. The Morgan fingerprint density at radius 2 is 2.00 bits per heavy atom. The summed E-state index contributed by atoms with van der Waals surface area (Å²) in [5.41, 5.74) is -0.591. The molecule has 1 saturated heterocycles. The van der Waals surface area contributed by atoms with Crippen LogP contribution in [0.5, 0.6) is 0 Å². The second-order valence-electron chi connectivity index (χ2n) is 5.08. The van der Waals surface area contributed by atoms with Crippen molar-refractivity contribution in [3.63, 3.8) is 0 Å². The molecule has 17 heavy (non-hydrogen) atoms. The Morgan fingerprint density at radius 1 is 1.41 bits per heavy atom. The van der Waals surface area contributed by atoms with Gasteiger partial charge < -0.3 is 10.1 Å². The van der Waals surface area contributed by atoms with Crippen LogP contribution in [-0.4, -0.2) is 47.4 Å². The van der Waals surface area contributed by atoms with E-state index in [4.69, 9.17) is 4.74 Å². The van der Waals surface area contributed by atoms with E-state index in [-0.39, 0.29) is 24.8 Å². The summed E-state index contributed by atoms with van der Waals surface area (Å²) < 4.78 is 5.15. The molecule has 0 bridgehead atoms. The summed E-state index contributed by atoms with van der Waals surface area (Å²) in [5.74, 6) is -0.458. The van der Waals surface area contributed by atoms with Gasteiger partial charge in [-0.05, 0) is 20.8 Å². The Morgan fingerprint density at radius 3 is 2.47 bits per heavy atom. The molecule has 1 aliphatic heterocycles. The van der Waals surface area contributed by atoms with Crippen molar-refractivity contribution in [1.29, 1.82) is 0 Å². The molecular weight excluding hydrogens is 224 g/mol. The molecule has 0 aliphatic carbocycles. The van der Waals surface area contributed by atoms with E-state index in [1.807, 2.05) is 0 Å². The van der Waals surface area contributed by atoms with Crippen LogP contribution in [0.15, 0.2) is 0 Å². The van der Waals surface area contributed by atoms with Gasteiger partial charge >= 0.3 is 6.09 Å².